The minimum atomic E-state index is -0.00794. The SMILES string of the molecule is COc1cc2c(cc1OCCCC(C)=O)N=C[C@@H]1CCCN1C2=O. The van der Waals surface area contributed by atoms with Crippen molar-refractivity contribution in [3.63, 3.8) is 0 Å². The van der Waals surface area contributed by atoms with E-state index in [1.807, 2.05) is 11.1 Å². The number of benzene rings is 1. The number of fused-ring (bicyclic) bond motifs is 2. The number of hydrogen-bond donors (Lipinski definition) is 0. The number of Topliss-reactive ketones (excluding diaryl/α,β-unsaturated/α-hetero) is 1. The molecule has 1 atom stereocenters. The fraction of sp³-hybridized carbons (Fsp3) is 0.500. The van der Waals surface area contributed by atoms with Gasteiger partial charge in [-0.15, -0.1) is 0 Å². The highest BCUT2D eigenvalue weighted by Crippen LogP contribution is 2.38. The highest BCUT2D eigenvalue weighted by molar-refractivity contribution is 6.03. The van der Waals surface area contributed by atoms with Crippen LogP contribution in [0.15, 0.2) is 17.1 Å². The molecule has 6 nitrogen and oxygen atoms in total. The second-order valence-electron chi connectivity index (χ2n) is 6.16. The van der Waals surface area contributed by atoms with E-state index < -0.39 is 0 Å². The van der Waals surface area contributed by atoms with Gasteiger partial charge in [0, 0.05) is 25.2 Å². The predicted octanol–water partition coefficient (Wildman–Crippen LogP) is 2.76. The number of amides is 1. The van der Waals surface area contributed by atoms with Crippen molar-refractivity contribution in [3.8, 4) is 11.5 Å². The third-order valence-electron chi connectivity index (χ3n) is 4.39. The quantitative estimate of drug-likeness (QED) is 0.752. The van der Waals surface area contributed by atoms with Crippen molar-refractivity contribution in [3.05, 3.63) is 17.7 Å². The standard InChI is InChI=1S/C18H22N2O4/c1-12(21)5-4-8-24-17-10-15-14(9-16(17)23-2)18(22)20-7-3-6-13(20)11-19-15/h9-11,13H,3-8H2,1-2H3/t13-/m0/s1. The van der Waals surface area contributed by atoms with Gasteiger partial charge in [-0.3, -0.25) is 9.79 Å². The molecule has 0 saturated carbocycles. The van der Waals surface area contributed by atoms with Gasteiger partial charge >= 0.3 is 0 Å². The lowest BCUT2D eigenvalue weighted by Gasteiger charge is -2.20. The maximum atomic E-state index is 12.7. The fourth-order valence-corrected chi connectivity index (χ4v) is 3.12. The Morgan fingerprint density at radius 3 is 2.96 bits per heavy atom. The lowest BCUT2D eigenvalue weighted by atomic mass is 10.1. The van der Waals surface area contributed by atoms with Gasteiger partial charge in [-0.2, -0.15) is 0 Å². The van der Waals surface area contributed by atoms with Crippen molar-refractivity contribution in [2.24, 2.45) is 4.99 Å². The van der Waals surface area contributed by atoms with Crippen molar-refractivity contribution in [1.82, 2.24) is 4.90 Å². The van der Waals surface area contributed by atoms with Gasteiger partial charge in [0.15, 0.2) is 11.5 Å². The number of aliphatic imine (C=N–C) groups is 1. The van der Waals surface area contributed by atoms with Crippen LogP contribution in [0, 0.1) is 0 Å². The van der Waals surface area contributed by atoms with E-state index in [4.69, 9.17) is 9.47 Å². The molecule has 0 radical (unpaired) electrons. The van der Waals surface area contributed by atoms with Gasteiger partial charge < -0.3 is 19.2 Å². The Hall–Kier alpha value is -2.37. The van der Waals surface area contributed by atoms with Crippen LogP contribution in [-0.2, 0) is 4.79 Å². The Labute approximate surface area is 141 Å². The minimum absolute atomic E-state index is 0.00794. The van der Waals surface area contributed by atoms with Crippen LogP contribution in [0.5, 0.6) is 11.5 Å². The third kappa shape index (κ3) is 3.27. The summed E-state index contributed by atoms with van der Waals surface area (Å²) in [6, 6.07) is 3.53. The van der Waals surface area contributed by atoms with E-state index in [1.165, 1.54) is 0 Å². The monoisotopic (exact) mass is 330 g/mol. The molecule has 1 aromatic rings. The molecule has 128 valence electrons. The molecule has 2 aliphatic heterocycles. The summed E-state index contributed by atoms with van der Waals surface area (Å²) in [4.78, 5) is 30.1. The molecule has 0 aromatic heterocycles. The summed E-state index contributed by atoms with van der Waals surface area (Å²) in [5.74, 6) is 1.19. The summed E-state index contributed by atoms with van der Waals surface area (Å²) in [6.45, 7) is 2.75. The minimum Gasteiger partial charge on any atom is -0.493 e. The van der Waals surface area contributed by atoms with Gasteiger partial charge in [-0.05, 0) is 32.3 Å². The lowest BCUT2D eigenvalue weighted by Crippen LogP contribution is -2.35. The van der Waals surface area contributed by atoms with E-state index in [9.17, 15) is 9.59 Å². The summed E-state index contributed by atoms with van der Waals surface area (Å²) in [5, 5.41) is 0. The van der Waals surface area contributed by atoms with Crippen molar-refractivity contribution in [1.29, 1.82) is 0 Å². The first kappa shape index (κ1) is 16.5. The smallest absolute Gasteiger partial charge is 0.256 e. The van der Waals surface area contributed by atoms with Crippen LogP contribution in [0.1, 0.15) is 43.0 Å². The molecule has 2 aliphatic rings. The molecule has 3 rings (SSSR count). The van der Waals surface area contributed by atoms with Crippen LogP contribution in [0.3, 0.4) is 0 Å². The summed E-state index contributed by atoms with van der Waals surface area (Å²) >= 11 is 0. The van der Waals surface area contributed by atoms with Crippen molar-refractivity contribution < 1.29 is 19.1 Å². The van der Waals surface area contributed by atoms with Crippen molar-refractivity contribution in [2.45, 2.75) is 38.6 Å². The van der Waals surface area contributed by atoms with E-state index in [-0.39, 0.29) is 17.7 Å². The van der Waals surface area contributed by atoms with Crippen LogP contribution in [0.25, 0.3) is 0 Å². The van der Waals surface area contributed by atoms with Crippen LogP contribution >= 0.6 is 0 Å². The van der Waals surface area contributed by atoms with Gasteiger partial charge in [0.05, 0.1) is 31.0 Å². The van der Waals surface area contributed by atoms with E-state index >= 15 is 0 Å². The molecule has 1 amide bonds. The number of hydrogen-bond acceptors (Lipinski definition) is 5. The molecule has 0 aliphatic carbocycles. The maximum absolute atomic E-state index is 12.7. The second kappa shape index (κ2) is 7.03. The van der Waals surface area contributed by atoms with Crippen LogP contribution in [0.2, 0.25) is 0 Å². The highest BCUT2D eigenvalue weighted by atomic mass is 16.5. The van der Waals surface area contributed by atoms with Gasteiger partial charge in [-0.25, -0.2) is 0 Å². The summed E-state index contributed by atoms with van der Waals surface area (Å²) in [5.41, 5.74) is 1.15. The number of ketones is 1. The Kier molecular flexibility index (Phi) is 4.83. The molecule has 0 N–H and O–H groups in total. The van der Waals surface area contributed by atoms with Crippen LogP contribution < -0.4 is 9.47 Å². The maximum Gasteiger partial charge on any atom is 0.256 e. The molecule has 0 unspecified atom stereocenters. The normalized spacial score (nSPS) is 18.8. The molecule has 0 bridgehead atoms. The molecule has 0 spiro atoms. The lowest BCUT2D eigenvalue weighted by molar-refractivity contribution is -0.117. The molecular formula is C18H22N2O4. The van der Waals surface area contributed by atoms with E-state index in [1.54, 1.807) is 26.2 Å². The van der Waals surface area contributed by atoms with E-state index in [0.29, 0.717) is 42.2 Å². The number of carbonyl (C=O) groups is 2. The number of nitrogens with zero attached hydrogens (tertiary/aromatic N) is 2. The number of methoxy groups -OCH3 is 1. The Morgan fingerprint density at radius 2 is 2.21 bits per heavy atom. The average molecular weight is 330 g/mol. The zero-order valence-corrected chi connectivity index (χ0v) is 14.1. The zero-order chi connectivity index (χ0) is 17.1. The second-order valence-corrected chi connectivity index (χ2v) is 6.16. The first-order valence-electron chi connectivity index (χ1n) is 8.29. The summed E-state index contributed by atoms with van der Waals surface area (Å²) in [6.07, 6.45) is 4.94. The molecule has 24 heavy (non-hydrogen) atoms. The van der Waals surface area contributed by atoms with E-state index in [0.717, 1.165) is 19.4 Å². The largest absolute Gasteiger partial charge is 0.493 e. The Morgan fingerprint density at radius 1 is 1.38 bits per heavy atom. The molecule has 1 fully saturated rings. The number of ether oxygens (including phenoxy) is 2. The van der Waals surface area contributed by atoms with Crippen LogP contribution in [0.4, 0.5) is 5.69 Å². The zero-order valence-electron chi connectivity index (χ0n) is 14.1. The first-order valence-corrected chi connectivity index (χ1v) is 8.29. The topological polar surface area (TPSA) is 68.2 Å². The highest BCUT2D eigenvalue weighted by Gasteiger charge is 2.32. The van der Waals surface area contributed by atoms with Gasteiger partial charge in [0.1, 0.15) is 5.78 Å². The number of carbonyl (C=O) groups excluding carboxylic acids is 2. The van der Waals surface area contributed by atoms with Gasteiger partial charge in [0.25, 0.3) is 5.91 Å². The molecule has 2 heterocycles. The van der Waals surface area contributed by atoms with E-state index in [2.05, 4.69) is 4.99 Å². The number of rotatable bonds is 6. The van der Waals surface area contributed by atoms with Crippen LogP contribution in [-0.4, -0.2) is 49.1 Å². The molecule has 1 aromatic carbocycles. The Balaban J connectivity index is 1.84. The average Bonchev–Trinajstić information content (AvgIpc) is 3.00. The molecule has 1 saturated heterocycles. The Bertz CT molecular complexity index is 684. The van der Waals surface area contributed by atoms with Gasteiger partial charge in [0.2, 0.25) is 0 Å². The first-order chi connectivity index (χ1) is 11.6. The molecular weight excluding hydrogens is 308 g/mol. The molecule has 6 heteroatoms. The van der Waals surface area contributed by atoms with Gasteiger partial charge in [-0.1, -0.05) is 0 Å². The summed E-state index contributed by atoms with van der Waals surface area (Å²) in [7, 11) is 1.55. The van der Waals surface area contributed by atoms with Crippen molar-refractivity contribution >= 4 is 23.6 Å². The fourth-order valence-electron chi connectivity index (χ4n) is 3.12. The van der Waals surface area contributed by atoms with Crippen molar-refractivity contribution in [2.75, 3.05) is 20.3 Å². The predicted molar refractivity (Wildman–Crippen MR) is 90.6 cm³/mol. The summed E-state index contributed by atoms with van der Waals surface area (Å²) < 4.78 is 11.1. The third-order valence-corrected chi connectivity index (χ3v) is 4.39.